The highest BCUT2D eigenvalue weighted by molar-refractivity contribution is 7.91. The van der Waals surface area contributed by atoms with E-state index in [9.17, 15) is 8.42 Å². The lowest BCUT2D eigenvalue weighted by atomic mass is 9.96. The minimum Gasteiger partial charge on any atom is -0.365 e. The molecule has 1 aromatic rings. The molecule has 6 heteroatoms. The van der Waals surface area contributed by atoms with Gasteiger partial charge in [0.2, 0.25) is 10.0 Å². The van der Waals surface area contributed by atoms with Crippen LogP contribution >= 0.6 is 11.6 Å². The summed E-state index contributed by atoms with van der Waals surface area (Å²) in [5, 5.41) is 9.18. The second-order valence-electron chi connectivity index (χ2n) is 5.46. The average molecular weight is 337 g/mol. The van der Waals surface area contributed by atoms with Crippen LogP contribution in [0.5, 0.6) is 0 Å². The van der Waals surface area contributed by atoms with E-state index in [-0.39, 0.29) is 0 Å². The second kappa shape index (κ2) is 5.57. The van der Waals surface area contributed by atoms with Gasteiger partial charge in [-0.2, -0.15) is 0 Å². The predicted octanol–water partition coefficient (Wildman–Crippen LogP) is 2.94. The third-order valence-corrected chi connectivity index (χ3v) is 5.79. The normalized spacial score (nSPS) is 24.6. The van der Waals surface area contributed by atoms with E-state index in [1.165, 1.54) is 0 Å². The Balaban J connectivity index is 2.18. The Bertz CT molecular complexity index is 779. The molecule has 4 nitrogen and oxygen atoms in total. The van der Waals surface area contributed by atoms with Gasteiger partial charge in [0, 0.05) is 5.02 Å². The first-order valence-corrected chi connectivity index (χ1v) is 8.99. The molecule has 3 rings (SSSR count). The van der Waals surface area contributed by atoms with E-state index in [1.807, 2.05) is 24.3 Å². The third-order valence-electron chi connectivity index (χ3n) is 4.14. The Morgan fingerprint density at radius 1 is 1.14 bits per heavy atom. The molecular formula is C16H17ClN2O2S. The molecule has 2 aliphatic rings. The fraction of sp³-hybridized carbons (Fsp3) is 0.250. The van der Waals surface area contributed by atoms with Gasteiger partial charge < -0.3 is 5.32 Å². The quantitative estimate of drug-likeness (QED) is 0.891. The summed E-state index contributed by atoms with van der Waals surface area (Å²) in [6, 6.07) is 7.46. The van der Waals surface area contributed by atoms with Gasteiger partial charge in [0.25, 0.3) is 0 Å². The molecule has 1 aliphatic carbocycles. The van der Waals surface area contributed by atoms with Crippen LogP contribution in [0.15, 0.2) is 54.3 Å². The van der Waals surface area contributed by atoms with Crippen molar-refractivity contribution in [2.45, 2.75) is 24.1 Å². The molecule has 22 heavy (non-hydrogen) atoms. The number of sulfonamides is 1. The number of nitrogens with two attached hydrogens (primary N) is 1. The lowest BCUT2D eigenvalue weighted by Gasteiger charge is -2.33. The van der Waals surface area contributed by atoms with Gasteiger partial charge in [0.05, 0.1) is 0 Å². The van der Waals surface area contributed by atoms with Gasteiger partial charge in [0.1, 0.15) is 0 Å². The Morgan fingerprint density at radius 3 is 2.45 bits per heavy atom. The molecule has 0 radical (unpaired) electrons. The van der Waals surface area contributed by atoms with E-state index < -0.39 is 14.9 Å². The van der Waals surface area contributed by atoms with Gasteiger partial charge in [-0.3, -0.25) is 0 Å². The molecule has 1 atom stereocenters. The van der Waals surface area contributed by atoms with E-state index in [0.29, 0.717) is 11.4 Å². The first-order chi connectivity index (χ1) is 10.4. The van der Waals surface area contributed by atoms with E-state index in [4.69, 9.17) is 16.7 Å². The zero-order valence-corrected chi connectivity index (χ0v) is 13.5. The molecule has 3 N–H and O–H groups in total. The summed E-state index contributed by atoms with van der Waals surface area (Å²) in [5.41, 5.74) is 2.83. The topological polar surface area (TPSA) is 72.2 Å². The summed E-state index contributed by atoms with van der Waals surface area (Å²) in [4.78, 5) is -1.35. The number of allylic oxidation sites excluding steroid dienone is 3. The highest BCUT2D eigenvalue weighted by atomic mass is 35.5. The summed E-state index contributed by atoms with van der Waals surface area (Å²) in [5.74, 6) is 0. The number of halogens is 1. The number of hydrogen-bond donors (Lipinski definition) is 2. The van der Waals surface area contributed by atoms with Gasteiger partial charge in [-0.05, 0) is 66.5 Å². The zero-order valence-electron chi connectivity index (χ0n) is 11.9. The standard InChI is InChI=1S/C16H17ClN2O2S/c17-13-8-6-12(7-9-13)14-4-3-5-15(14)16(22(18,20)21)10-1-2-11-19-16/h1-2,6-11,19H,3-5H2,(H2,18,20,21). The van der Waals surface area contributed by atoms with Crippen molar-refractivity contribution in [1.29, 1.82) is 0 Å². The lowest BCUT2D eigenvalue weighted by Crippen LogP contribution is -2.53. The molecule has 1 unspecified atom stereocenters. The van der Waals surface area contributed by atoms with Crippen molar-refractivity contribution in [3.8, 4) is 0 Å². The summed E-state index contributed by atoms with van der Waals surface area (Å²) in [6.45, 7) is 0. The predicted molar refractivity (Wildman–Crippen MR) is 89.5 cm³/mol. The van der Waals surface area contributed by atoms with Crippen LogP contribution in [0.2, 0.25) is 5.02 Å². The van der Waals surface area contributed by atoms with E-state index in [1.54, 1.807) is 24.4 Å². The van der Waals surface area contributed by atoms with E-state index >= 15 is 0 Å². The maximum Gasteiger partial charge on any atom is 0.241 e. The van der Waals surface area contributed by atoms with Crippen LogP contribution in [0, 0.1) is 0 Å². The maximum absolute atomic E-state index is 12.3. The fourth-order valence-corrected chi connectivity index (χ4v) is 4.32. The van der Waals surface area contributed by atoms with Crippen molar-refractivity contribution < 1.29 is 8.42 Å². The molecule has 116 valence electrons. The molecule has 0 aromatic heterocycles. The summed E-state index contributed by atoms with van der Waals surface area (Å²) < 4.78 is 24.6. The third kappa shape index (κ3) is 2.49. The molecule has 0 bridgehead atoms. The Morgan fingerprint density at radius 2 is 1.86 bits per heavy atom. The van der Waals surface area contributed by atoms with Gasteiger partial charge in [-0.15, -0.1) is 0 Å². The van der Waals surface area contributed by atoms with Gasteiger partial charge in [0.15, 0.2) is 4.87 Å². The summed E-state index contributed by atoms with van der Waals surface area (Å²) in [7, 11) is -3.85. The van der Waals surface area contributed by atoms with Crippen molar-refractivity contribution in [3.05, 3.63) is 64.9 Å². The van der Waals surface area contributed by atoms with Crippen LogP contribution in [0.3, 0.4) is 0 Å². The first-order valence-electron chi connectivity index (χ1n) is 7.07. The SMILES string of the molecule is NS(=O)(=O)C1(C2=C(c3ccc(Cl)cc3)CCC2)C=CC=CN1. The van der Waals surface area contributed by atoms with Crippen LogP contribution in [-0.4, -0.2) is 13.3 Å². The van der Waals surface area contributed by atoms with Gasteiger partial charge in [-0.1, -0.05) is 29.8 Å². The van der Waals surface area contributed by atoms with Crippen molar-refractivity contribution in [1.82, 2.24) is 5.32 Å². The number of hydrogen-bond acceptors (Lipinski definition) is 3. The van der Waals surface area contributed by atoms with Crippen molar-refractivity contribution in [3.63, 3.8) is 0 Å². The largest absolute Gasteiger partial charge is 0.365 e. The number of dihydropyridines is 1. The molecule has 0 amide bonds. The Labute approximate surface area is 135 Å². The van der Waals surface area contributed by atoms with Gasteiger partial charge >= 0.3 is 0 Å². The minimum absolute atomic E-state index is 0.656. The number of primary sulfonamides is 1. The zero-order chi connectivity index (χ0) is 15.8. The van der Waals surface area contributed by atoms with Crippen molar-refractivity contribution in [2.75, 3.05) is 0 Å². The summed E-state index contributed by atoms with van der Waals surface area (Å²) >= 11 is 5.94. The van der Waals surface area contributed by atoms with Gasteiger partial charge in [-0.25, -0.2) is 13.6 Å². The van der Waals surface area contributed by atoms with E-state index in [2.05, 4.69) is 5.32 Å². The fourth-order valence-electron chi connectivity index (χ4n) is 3.13. The van der Waals surface area contributed by atoms with Crippen LogP contribution in [-0.2, 0) is 10.0 Å². The number of rotatable bonds is 3. The summed E-state index contributed by atoms with van der Waals surface area (Å²) in [6.07, 6.45) is 9.14. The number of benzene rings is 1. The molecule has 0 fully saturated rings. The minimum atomic E-state index is -3.85. The van der Waals surface area contributed by atoms with Crippen molar-refractivity contribution >= 4 is 27.2 Å². The molecular weight excluding hydrogens is 320 g/mol. The highest BCUT2D eigenvalue weighted by Crippen LogP contribution is 2.42. The molecule has 1 heterocycles. The van der Waals surface area contributed by atoms with Crippen LogP contribution < -0.4 is 10.5 Å². The van der Waals surface area contributed by atoms with Crippen LogP contribution in [0.4, 0.5) is 0 Å². The molecule has 0 saturated heterocycles. The first kappa shape index (κ1) is 15.3. The molecule has 1 aromatic carbocycles. The highest BCUT2D eigenvalue weighted by Gasteiger charge is 2.45. The Hall–Kier alpha value is -1.56. The van der Waals surface area contributed by atoms with Crippen molar-refractivity contribution in [2.24, 2.45) is 5.14 Å². The lowest BCUT2D eigenvalue weighted by molar-refractivity contribution is 0.550. The van der Waals surface area contributed by atoms with Crippen LogP contribution in [0.25, 0.3) is 5.57 Å². The average Bonchev–Trinajstić information content (AvgIpc) is 2.97. The van der Waals surface area contributed by atoms with E-state index in [0.717, 1.165) is 29.6 Å². The monoisotopic (exact) mass is 336 g/mol. The molecule has 1 aliphatic heterocycles. The molecule has 0 saturated carbocycles. The second-order valence-corrected chi connectivity index (χ2v) is 7.63. The smallest absolute Gasteiger partial charge is 0.241 e. The number of nitrogens with one attached hydrogen (secondary N) is 1. The maximum atomic E-state index is 12.3. The van der Waals surface area contributed by atoms with Crippen LogP contribution in [0.1, 0.15) is 24.8 Å². The molecule has 0 spiro atoms. The Kier molecular flexibility index (Phi) is 3.89.